The van der Waals surface area contributed by atoms with Crippen LogP contribution in [0.5, 0.6) is 5.75 Å². The van der Waals surface area contributed by atoms with E-state index in [1.54, 1.807) is 18.5 Å². The van der Waals surface area contributed by atoms with E-state index in [-0.39, 0.29) is 6.10 Å². The number of hydrogen-bond donors (Lipinski definition) is 0. The molecule has 130 valence electrons. The number of piperidine rings is 1. The molecule has 3 aromatic rings. The summed E-state index contributed by atoms with van der Waals surface area (Å²) >= 11 is 3.53. The minimum atomic E-state index is 0.153. The number of benzene rings is 2. The SMILES string of the molecule is N#Cc1cccc(OC2CCN(c3ncnc4ccc(Br)cc34)CC2)c1. The third kappa shape index (κ3) is 3.49. The van der Waals surface area contributed by atoms with Crippen LogP contribution in [-0.2, 0) is 0 Å². The molecule has 0 aliphatic carbocycles. The lowest BCUT2D eigenvalue weighted by atomic mass is 10.1. The zero-order valence-electron chi connectivity index (χ0n) is 14.1. The molecule has 0 atom stereocenters. The summed E-state index contributed by atoms with van der Waals surface area (Å²) < 4.78 is 7.10. The molecule has 0 saturated carbocycles. The minimum Gasteiger partial charge on any atom is -0.490 e. The first-order valence-electron chi connectivity index (χ1n) is 8.55. The second-order valence-electron chi connectivity index (χ2n) is 6.30. The van der Waals surface area contributed by atoms with E-state index in [1.807, 2.05) is 24.3 Å². The number of aromatic nitrogens is 2. The molecule has 6 heteroatoms. The maximum absolute atomic E-state index is 9.01. The van der Waals surface area contributed by atoms with Gasteiger partial charge in [-0.25, -0.2) is 9.97 Å². The summed E-state index contributed by atoms with van der Waals surface area (Å²) in [5, 5.41) is 10.1. The highest BCUT2D eigenvalue weighted by Gasteiger charge is 2.23. The van der Waals surface area contributed by atoms with Gasteiger partial charge in [0, 0.05) is 35.8 Å². The summed E-state index contributed by atoms with van der Waals surface area (Å²) in [5.74, 6) is 1.74. The molecule has 1 saturated heterocycles. The van der Waals surface area contributed by atoms with Crippen molar-refractivity contribution < 1.29 is 4.74 Å². The van der Waals surface area contributed by atoms with Crippen LogP contribution in [0.3, 0.4) is 0 Å². The van der Waals surface area contributed by atoms with Crippen LogP contribution in [0.25, 0.3) is 10.9 Å². The quantitative estimate of drug-likeness (QED) is 0.645. The largest absolute Gasteiger partial charge is 0.490 e. The van der Waals surface area contributed by atoms with Crippen molar-refractivity contribution in [1.82, 2.24) is 9.97 Å². The molecule has 0 N–H and O–H groups in total. The molecule has 0 bridgehead atoms. The Kier molecular flexibility index (Phi) is 4.72. The van der Waals surface area contributed by atoms with E-state index < -0.39 is 0 Å². The van der Waals surface area contributed by atoms with Crippen LogP contribution in [-0.4, -0.2) is 29.2 Å². The average molecular weight is 409 g/mol. The Morgan fingerprint density at radius 3 is 2.77 bits per heavy atom. The highest BCUT2D eigenvalue weighted by Crippen LogP contribution is 2.29. The lowest BCUT2D eigenvalue weighted by molar-refractivity contribution is 0.171. The molecule has 26 heavy (non-hydrogen) atoms. The van der Waals surface area contributed by atoms with Crippen molar-refractivity contribution in [2.75, 3.05) is 18.0 Å². The molecule has 1 aromatic heterocycles. The first-order valence-corrected chi connectivity index (χ1v) is 9.34. The summed E-state index contributed by atoms with van der Waals surface area (Å²) in [5.41, 5.74) is 1.57. The molecule has 0 radical (unpaired) electrons. The highest BCUT2D eigenvalue weighted by atomic mass is 79.9. The summed E-state index contributed by atoms with van der Waals surface area (Å²) in [7, 11) is 0. The Bertz CT molecular complexity index is 977. The number of nitriles is 1. The van der Waals surface area contributed by atoms with Gasteiger partial charge >= 0.3 is 0 Å². The van der Waals surface area contributed by atoms with Gasteiger partial charge in [0.15, 0.2) is 0 Å². The van der Waals surface area contributed by atoms with E-state index in [0.717, 1.165) is 52.9 Å². The zero-order valence-corrected chi connectivity index (χ0v) is 15.7. The zero-order chi connectivity index (χ0) is 17.9. The fourth-order valence-corrected chi connectivity index (χ4v) is 3.65. The van der Waals surface area contributed by atoms with Crippen LogP contribution in [0.4, 0.5) is 5.82 Å². The molecule has 1 fully saturated rings. The minimum absolute atomic E-state index is 0.153. The van der Waals surface area contributed by atoms with Crippen molar-refractivity contribution in [1.29, 1.82) is 5.26 Å². The van der Waals surface area contributed by atoms with Crippen LogP contribution in [0.15, 0.2) is 53.3 Å². The summed E-state index contributed by atoms with van der Waals surface area (Å²) in [6.45, 7) is 1.75. The van der Waals surface area contributed by atoms with E-state index in [9.17, 15) is 0 Å². The van der Waals surface area contributed by atoms with Gasteiger partial charge in [0.1, 0.15) is 24.0 Å². The van der Waals surface area contributed by atoms with Crippen molar-refractivity contribution >= 4 is 32.7 Å². The van der Waals surface area contributed by atoms with Crippen molar-refractivity contribution in [3.63, 3.8) is 0 Å². The van der Waals surface area contributed by atoms with Gasteiger partial charge in [0.05, 0.1) is 17.1 Å². The molecule has 0 amide bonds. The van der Waals surface area contributed by atoms with Crippen LogP contribution in [0.1, 0.15) is 18.4 Å². The number of hydrogen-bond acceptors (Lipinski definition) is 5. The Balaban J connectivity index is 1.47. The molecule has 0 unspecified atom stereocenters. The third-order valence-corrected chi connectivity index (χ3v) is 5.08. The summed E-state index contributed by atoms with van der Waals surface area (Å²) in [6, 6.07) is 15.6. The Labute approximate surface area is 160 Å². The molecule has 1 aliphatic heterocycles. The van der Waals surface area contributed by atoms with E-state index in [2.05, 4.69) is 42.9 Å². The van der Waals surface area contributed by atoms with Gasteiger partial charge in [-0.3, -0.25) is 0 Å². The topological polar surface area (TPSA) is 62.0 Å². The van der Waals surface area contributed by atoms with E-state index in [0.29, 0.717) is 5.56 Å². The van der Waals surface area contributed by atoms with Gasteiger partial charge in [-0.15, -0.1) is 0 Å². The molecule has 0 spiro atoms. The second kappa shape index (κ2) is 7.30. The number of nitrogens with zero attached hydrogens (tertiary/aromatic N) is 4. The molecular weight excluding hydrogens is 392 g/mol. The molecule has 1 aliphatic rings. The molecule has 2 aromatic carbocycles. The predicted octanol–water partition coefficient (Wildman–Crippen LogP) is 4.31. The number of halogens is 1. The van der Waals surface area contributed by atoms with Gasteiger partial charge in [0.2, 0.25) is 0 Å². The van der Waals surface area contributed by atoms with Crippen molar-refractivity contribution in [3.05, 3.63) is 58.8 Å². The standard InChI is InChI=1S/C20H17BrN4O/c21-15-4-5-19-18(11-15)20(24-13-23-19)25-8-6-16(7-9-25)26-17-3-1-2-14(10-17)12-22/h1-5,10-11,13,16H,6-9H2. The lowest BCUT2D eigenvalue weighted by Gasteiger charge is -2.33. The predicted molar refractivity (Wildman–Crippen MR) is 104 cm³/mol. The summed E-state index contributed by atoms with van der Waals surface area (Å²) in [4.78, 5) is 11.2. The maximum Gasteiger partial charge on any atom is 0.139 e. The van der Waals surface area contributed by atoms with Gasteiger partial charge in [-0.1, -0.05) is 22.0 Å². The van der Waals surface area contributed by atoms with Gasteiger partial charge < -0.3 is 9.64 Å². The van der Waals surface area contributed by atoms with Gasteiger partial charge in [-0.2, -0.15) is 5.26 Å². The summed E-state index contributed by atoms with van der Waals surface area (Å²) in [6.07, 6.45) is 3.61. The van der Waals surface area contributed by atoms with E-state index in [1.165, 1.54) is 0 Å². The maximum atomic E-state index is 9.01. The number of anilines is 1. The Morgan fingerprint density at radius 2 is 1.96 bits per heavy atom. The van der Waals surface area contributed by atoms with Crippen LogP contribution >= 0.6 is 15.9 Å². The normalized spacial score (nSPS) is 15.0. The van der Waals surface area contributed by atoms with Crippen molar-refractivity contribution in [2.45, 2.75) is 18.9 Å². The number of rotatable bonds is 3. The first kappa shape index (κ1) is 16.8. The highest BCUT2D eigenvalue weighted by molar-refractivity contribution is 9.10. The second-order valence-corrected chi connectivity index (χ2v) is 7.22. The van der Waals surface area contributed by atoms with Crippen LogP contribution in [0, 0.1) is 11.3 Å². The number of fused-ring (bicyclic) bond motifs is 1. The van der Waals surface area contributed by atoms with Gasteiger partial charge in [-0.05, 0) is 36.4 Å². The lowest BCUT2D eigenvalue weighted by Crippen LogP contribution is -2.38. The third-order valence-electron chi connectivity index (χ3n) is 4.58. The Morgan fingerprint density at radius 1 is 1.12 bits per heavy atom. The molecule has 5 nitrogen and oxygen atoms in total. The van der Waals surface area contributed by atoms with Crippen molar-refractivity contribution in [3.8, 4) is 11.8 Å². The fraction of sp³-hybridized carbons (Fsp3) is 0.250. The molecule has 2 heterocycles. The average Bonchev–Trinajstić information content (AvgIpc) is 2.68. The Hall–Kier alpha value is -2.65. The number of ether oxygens (including phenoxy) is 1. The molecule has 4 rings (SSSR count). The van der Waals surface area contributed by atoms with Crippen molar-refractivity contribution in [2.24, 2.45) is 0 Å². The van der Waals surface area contributed by atoms with Crippen LogP contribution in [0.2, 0.25) is 0 Å². The smallest absolute Gasteiger partial charge is 0.139 e. The molecular formula is C20H17BrN4O. The first-order chi connectivity index (χ1) is 12.7. The fourth-order valence-electron chi connectivity index (χ4n) is 3.28. The van der Waals surface area contributed by atoms with Crippen LogP contribution < -0.4 is 9.64 Å². The van der Waals surface area contributed by atoms with E-state index in [4.69, 9.17) is 10.00 Å². The van der Waals surface area contributed by atoms with E-state index >= 15 is 0 Å². The van der Waals surface area contributed by atoms with Gasteiger partial charge in [0.25, 0.3) is 0 Å². The monoisotopic (exact) mass is 408 g/mol.